The lowest BCUT2D eigenvalue weighted by atomic mass is 10.1. The van der Waals surface area contributed by atoms with Gasteiger partial charge in [-0.2, -0.15) is 0 Å². The fourth-order valence-corrected chi connectivity index (χ4v) is 1.37. The van der Waals surface area contributed by atoms with Crippen molar-refractivity contribution >= 4 is 5.97 Å². The minimum absolute atomic E-state index is 0.460. The van der Waals surface area contributed by atoms with Gasteiger partial charge >= 0.3 is 5.97 Å². The van der Waals surface area contributed by atoms with Gasteiger partial charge in [-0.1, -0.05) is 31.4 Å². The highest BCUT2D eigenvalue weighted by atomic mass is 16.4. The van der Waals surface area contributed by atoms with Crippen molar-refractivity contribution in [2.45, 2.75) is 51.9 Å². The average Bonchev–Trinajstić information content (AvgIpc) is 2.21. The zero-order valence-electron chi connectivity index (χ0n) is 9.67. The molecule has 0 saturated carbocycles. The van der Waals surface area contributed by atoms with Crippen LogP contribution < -0.4 is 0 Å². The van der Waals surface area contributed by atoms with Crippen molar-refractivity contribution in [1.82, 2.24) is 0 Å². The molecule has 0 aliphatic carbocycles. The van der Waals surface area contributed by atoms with Crippen LogP contribution in [0.3, 0.4) is 0 Å². The summed E-state index contributed by atoms with van der Waals surface area (Å²) in [5.74, 6) is -0.805. The predicted octanol–water partition coefficient (Wildman–Crippen LogP) is 3.93. The highest BCUT2D eigenvalue weighted by Gasteiger charge is 1.97. The molecule has 0 heterocycles. The van der Waals surface area contributed by atoms with E-state index in [0.29, 0.717) is 5.57 Å². The summed E-state index contributed by atoms with van der Waals surface area (Å²) in [7, 11) is 0. The van der Waals surface area contributed by atoms with Crippen LogP contribution in [-0.4, -0.2) is 11.1 Å². The van der Waals surface area contributed by atoms with Crippen molar-refractivity contribution in [3.8, 4) is 0 Å². The first-order chi connectivity index (χ1) is 7.18. The van der Waals surface area contributed by atoms with Gasteiger partial charge in [-0.15, -0.1) is 6.58 Å². The minimum Gasteiger partial charge on any atom is -0.478 e. The number of unbranched alkanes of at least 4 members (excludes halogenated alkanes) is 6. The minimum atomic E-state index is -0.805. The Morgan fingerprint density at radius 1 is 1.13 bits per heavy atom. The summed E-state index contributed by atoms with van der Waals surface area (Å²) in [5, 5.41) is 8.60. The van der Waals surface area contributed by atoms with E-state index >= 15 is 0 Å². The standard InChI is InChI=1S/C13H22O2/c1-3-4-5-6-7-8-9-10-11-12(2)13(14)15/h3,11H,1,4-10H2,2H3,(H,14,15). The normalized spacial score (nSPS) is 11.4. The quantitative estimate of drug-likeness (QED) is 0.355. The lowest BCUT2D eigenvalue weighted by Gasteiger charge is -1.98. The molecule has 0 unspecified atom stereocenters. The first-order valence-corrected chi connectivity index (χ1v) is 5.69. The molecule has 2 heteroatoms. The molecule has 0 aliphatic rings. The first kappa shape index (κ1) is 13.9. The molecule has 0 amide bonds. The van der Waals surface area contributed by atoms with Crippen LogP contribution in [-0.2, 0) is 4.79 Å². The molecular formula is C13H22O2. The van der Waals surface area contributed by atoms with Crippen LogP contribution in [0, 0.1) is 0 Å². The van der Waals surface area contributed by atoms with Crippen molar-refractivity contribution < 1.29 is 9.90 Å². The van der Waals surface area contributed by atoms with E-state index in [1.165, 1.54) is 25.7 Å². The Morgan fingerprint density at radius 2 is 1.67 bits per heavy atom. The third-order valence-corrected chi connectivity index (χ3v) is 2.40. The molecule has 0 aromatic rings. The maximum absolute atomic E-state index is 10.5. The zero-order chi connectivity index (χ0) is 11.5. The number of hydrogen-bond donors (Lipinski definition) is 1. The Kier molecular flexibility index (Phi) is 8.84. The fraction of sp³-hybridized carbons (Fsp3) is 0.615. The number of hydrogen-bond acceptors (Lipinski definition) is 1. The van der Waals surface area contributed by atoms with E-state index in [9.17, 15) is 4.79 Å². The predicted molar refractivity (Wildman–Crippen MR) is 63.9 cm³/mol. The second-order valence-corrected chi connectivity index (χ2v) is 3.83. The number of allylic oxidation sites excluding steroid dienone is 2. The molecule has 2 nitrogen and oxygen atoms in total. The third kappa shape index (κ3) is 9.26. The molecule has 0 aromatic heterocycles. The molecule has 0 saturated heterocycles. The highest BCUT2D eigenvalue weighted by molar-refractivity contribution is 5.85. The summed E-state index contributed by atoms with van der Waals surface area (Å²) >= 11 is 0. The van der Waals surface area contributed by atoms with E-state index in [1.807, 2.05) is 12.2 Å². The fourth-order valence-electron chi connectivity index (χ4n) is 1.37. The highest BCUT2D eigenvalue weighted by Crippen LogP contribution is 2.08. The molecule has 0 aliphatic heterocycles. The van der Waals surface area contributed by atoms with Crippen LogP contribution in [0.25, 0.3) is 0 Å². The maximum atomic E-state index is 10.5. The molecule has 0 bridgehead atoms. The van der Waals surface area contributed by atoms with Gasteiger partial charge in [-0.3, -0.25) is 0 Å². The molecular weight excluding hydrogens is 188 g/mol. The van der Waals surface area contributed by atoms with Gasteiger partial charge in [-0.25, -0.2) is 4.79 Å². The van der Waals surface area contributed by atoms with Crippen LogP contribution in [0.15, 0.2) is 24.3 Å². The van der Waals surface area contributed by atoms with Crippen molar-refractivity contribution in [2.75, 3.05) is 0 Å². The summed E-state index contributed by atoms with van der Waals surface area (Å²) in [6.45, 7) is 5.33. The lowest BCUT2D eigenvalue weighted by molar-refractivity contribution is -0.132. The van der Waals surface area contributed by atoms with Gasteiger partial charge in [0.25, 0.3) is 0 Å². The summed E-state index contributed by atoms with van der Waals surface area (Å²) in [6.07, 6.45) is 11.8. The SMILES string of the molecule is C=CCCCCCCCC=C(C)C(=O)O. The summed E-state index contributed by atoms with van der Waals surface area (Å²) in [6, 6.07) is 0. The largest absolute Gasteiger partial charge is 0.478 e. The molecule has 0 rings (SSSR count). The first-order valence-electron chi connectivity index (χ1n) is 5.69. The summed E-state index contributed by atoms with van der Waals surface area (Å²) < 4.78 is 0. The van der Waals surface area contributed by atoms with E-state index in [1.54, 1.807) is 6.92 Å². The second-order valence-electron chi connectivity index (χ2n) is 3.83. The Bertz CT molecular complexity index is 217. The van der Waals surface area contributed by atoms with E-state index in [4.69, 9.17) is 5.11 Å². The number of aliphatic carboxylic acids is 1. The molecule has 0 fully saturated rings. The van der Waals surface area contributed by atoms with Gasteiger partial charge < -0.3 is 5.11 Å². The molecule has 86 valence electrons. The monoisotopic (exact) mass is 210 g/mol. The van der Waals surface area contributed by atoms with E-state index in [2.05, 4.69) is 6.58 Å². The molecule has 0 spiro atoms. The van der Waals surface area contributed by atoms with Gasteiger partial charge in [0.2, 0.25) is 0 Å². The molecule has 15 heavy (non-hydrogen) atoms. The van der Waals surface area contributed by atoms with E-state index < -0.39 is 5.97 Å². The van der Waals surface area contributed by atoms with E-state index in [0.717, 1.165) is 19.3 Å². The molecule has 1 N–H and O–H groups in total. The van der Waals surface area contributed by atoms with Crippen molar-refractivity contribution in [3.05, 3.63) is 24.3 Å². The molecule has 0 atom stereocenters. The molecule has 0 aromatic carbocycles. The summed E-state index contributed by atoms with van der Waals surface area (Å²) in [4.78, 5) is 10.5. The Balaban J connectivity index is 3.28. The van der Waals surface area contributed by atoms with Gasteiger partial charge in [-0.05, 0) is 32.6 Å². The van der Waals surface area contributed by atoms with Gasteiger partial charge in [0, 0.05) is 5.57 Å². The van der Waals surface area contributed by atoms with Crippen LogP contribution in [0.5, 0.6) is 0 Å². The number of carboxylic acid groups (broad SMARTS) is 1. The maximum Gasteiger partial charge on any atom is 0.330 e. The van der Waals surface area contributed by atoms with Gasteiger partial charge in [0.1, 0.15) is 0 Å². The topological polar surface area (TPSA) is 37.3 Å². The Hall–Kier alpha value is -1.05. The van der Waals surface area contributed by atoms with Gasteiger partial charge in [0.15, 0.2) is 0 Å². The van der Waals surface area contributed by atoms with Crippen LogP contribution in [0.1, 0.15) is 51.9 Å². The van der Waals surface area contributed by atoms with Crippen LogP contribution in [0.2, 0.25) is 0 Å². The van der Waals surface area contributed by atoms with Crippen molar-refractivity contribution in [2.24, 2.45) is 0 Å². The number of rotatable bonds is 9. The number of carbonyl (C=O) groups is 1. The third-order valence-electron chi connectivity index (χ3n) is 2.40. The average molecular weight is 210 g/mol. The Morgan fingerprint density at radius 3 is 2.20 bits per heavy atom. The van der Waals surface area contributed by atoms with Gasteiger partial charge in [0.05, 0.1) is 0 Å². The molecule has 0 radical (unpaired) electrons. The van der Waals surface area contributed by atoms with E-state index in [-0.39, 0.29) is 0 Å². The zero-order valence-corrected chi connectivity index (χ0v) is 9.67. The smallest absolute Gasteiger partial charge is 0.330 e. The van der Waals surface area contributed by atoms with Crippen LogP contribution in [0.4, 0.5) is 0 Å². The Labute approximate surface area is 92.7 Å². The van der Waals surface area contributed by atoms with Crippen molar-refractivity contribution in [1.29, 1.82) is 0 Å². The summed E-state index contributed by atoms with van der Waals surface area (Å²) in [5.41, 5.74) is 0.460. The number of carboxylic acids is 1. The lowest BCUT2D eigenvalue weighted by Crippen LogP contribution is -1.95. The second kappa shape index (κ2) is 9.50. The van der Waals surface area contributed by atoms with Crippen LogP contribution >= 0.6 is 0 Å². The van der Waals surface area contributed by atoms with Crippen molar-refractivity contribution in [3.63, 3.8) is 0 Å².